The van der Waals surface area contributed by atoms with Crippen molar-refractivity contribution in [3.63, 3.8) is 0 Å². The number of carboxylic acids is 1. The molecule has 0 aliphatic heterocycles. The van der Waals surface area contributed by atoms with Crippen molar-refractivity contribution in [2.45, 2.75) is 44.3 Å². The van der Waals surface area contributed by atoms with E-state index in [2.05, 4.69) is 31.1 Å². The first kappa shape index (κ1) is 15.4. The third-order valence-electron chi connectivity index (χ3n) is 4.22. The van der Waals surface area contributed by atoms with Crippen molar-refractivity contribution in [1.82, 2.24) is 15.2 Å². The Balaban J connectivity index is 1.41. The highest BCUT2D eigenvalue weighted by atomic mass is 79.9. The van der Waals surface area contributed by atoms with Gasteiger partial charge in [0, 0.05) is 25.2 Å². The van der Waals surface area contributed by atoms with Crippen molar-refractivity contribution < 1.29 is 9.90 Å². The van der Waals surface area contributed by atoms with E-state index in [9.17, 15) is 4.79 Å². The maximum absolute atomic E-state index is 11.0. The molecule has 5 nitrogen and oxygen atoms in total. The van der Waals surface area contributed by atoms with E-state index >= 15 is 0 Å². The molecular formula is C14H20BrN3O2S. The standard InChI is InChI=1S/C14H20BrN3O2S/c15-12-5-17-13(21-12)6-16-10-3-11(4-10)18(8-14(19)20)7-9-1-2-9/h5,9-11,16H,1-4,6-8H2,(H,19,20). The lowest BCUT2D eigenvalue weighted by molar-refractivity contribution is -0.139. The first-order valence-corrected chi connectivity index (χ1v) is 9.00. The molecule has 116 valence electrons. The second-order valence-electron chi connectivity index (χ2n) is 6.03. The van der Waals surface area contributed by atoms with Crippen LogP contribution in [0.4, 0.5) is 0 Å². The quantitative estimate of drug-likeness (QED) is 0.731. The van der Waals surface area contributed by atoms with Crippen LogP contribution in [-0.4, -0.2) is 46.1 Å². The van der Waals surface area contributed by atoms with Crippen molar-refractivity contribution in [3.05, 3.63) is 15.0 Å². The fourth-order valence-electron chi connectivity index (χ4n) is 2.80. The third kappa shape index (κ3) is 4.48. The molecule has 3 rings (SSSR count). The van der Waals surface area contributed by atoms with E-state index in [1.807, 2.05) is 6.20 Å². The molecule has 0 radical (unpaired) electrons. The molecule has 2 aliphatic carbocycles. The van der Waals surface area contributed by atoms with Gasteiger partial charge in [-0.1, -0.05) is 0 Å². The maximum Gasteiger partial charge on any atom is 0.317 e. The van der Waals surface area contributed by atoms with E-state index in [0.717, 1.165) is 40.6 Å². The molecule has 21 heavy (non-hydrogen) atoms. The first-order valence-electron chi connectivity index (χ1n) is 7.39. The van der Waals surface area contributed by atoms with Gasteiger partial charge in [0.15, 0.2) is 0 Å². The van der Waals surface area contributed by atoms with Gasteiger partial charge >= 0.3 is 5.97 Å². The minimum absolute atomic E-state index is 0.188. The zero-order chi connectivity index (χ0) is 14.8. The lowest BCUT2D eigenvalue weighted by atomic mass is 9.85. The smallest absolute Gasteiger partial charge is 0.317 e. The molecule has 7 heteroatoms. The Labute approximate surface area is 136 Å². The second kappa shape index (κ2) is 6.73. The van der Waals surface area contributed by atoms with Gasteiger partial charge in [-0.25, -0.2) is 4.98 Å². The highest BCUT2D eigenvalue weighted by molar-refractivity contribution is 9.11. The van der Waals surface area contributed by atoms with Crippen molar-refractivity contribution in [3.8, 4) is 0 Å². The molecule has 0 spiro atoms. The summed E-state index contributed by atoms with van der Waals surface area (Å²) < 4.78 is 1.06. The Morgan fingerprint density at radius 2 is 2.29 bits per heavy atom. The molecule has 2 fully saturated rings. The van der Waals surface area contributed by atoms with E-state index in [-0.39, 0.29) is 6.54 Å². The van der Waals surface area contributed by atoms with Gasteiger partial charge in [-0.3, -0.25) is 9.69 Å². The SMILES string of the molecule is O=C(O)CN(CC1CC1)C1CC(NCc2ncc(Br)s2)C1. The Hall–Kier alpha value is -0.500. The fraction of sp³-hybridized carbons (Fsp3) is 0.714. The number of halogens is 1. The minimum atomic E-state index is -0.709. The van der Waals surface area contributed by atoms with E-state index in [1.165, 1.54) is 12.8 Å². The van der Waals surface area contributed by atoms with Gasteiger partial charge in [-0.15, -0.1) is 11.3 Å². The topological polar surface area (TPSA) is 65.5 Å². The highest BCUT2D eigenvalue weighted by Crippen LogP contribution is 2.33. The summed E-state index contributed by atoms with van der Waals surface area (Å²) in [7, 11) is 0. The molecule has 2 aliphatic rings. The van der Waals surface area contributed by atoms with Gasteiger partial charge in [0.05, 0.1) is 16.5 Å². The molecule has 0 aromatic carbocycles. The monoisotopic (exact) mass is 373 g/mol. The average molecular weight is 374 g/mol. The predicted molar refractivity (Wildman–Crippen MR) is 85.4 cm³/mol. The van der Waals surface area contributed by atoms with Crippen LogP contribution < -0.4 is 5.32 Å². The van der Waals surface area contributed by atoms with E-state index in [0.29, 0.717) is 12.1 Å². The van der Waals surface area contributed by atoms with Crippen molar-refractivity contribution >= 4 is 33.2 Å². The molecule has 0 amide bonds. The summed E-state index contributed by atoms with van der Waals surface area (Å²) in [5.74, 6) is 0.0312. The number of nitrogens with zero attached hydrogens (tertiary/aromatic N) is 2. The highest BCUT2D eigenvalue weighted by Gasteiger charge is 2.36. The van der Waals surface area contributed by atoms with Crippen molar-refractivity contribution in [2.75, 3.05) is 13.1 Å². The van der Waals surface area contributed by atoms with Gasteiger partial charge in [0.2, 0.25) is 0 Å². The maximum atomic E-state index is 11.0. The van der Waals surface area contributed by atoms with Gasteiger partial charge in [-0.2, -0.15) is 0 Å². The van der Waals surface area contributed by atoms with E-state index < -0.39 is 5.97 Å². The zero-order valence-electron chi connectivity index (χ0n) is 11.8. The first-order chi connectivity index (χ1) is 10.1. The number of hydrogen-bond donors (Lipinski definition) is 2. The number of hydrogen-bond acceptors (Lipinski definition) is 5. The number of aromatic nitrogens is 1. The van der Waals surface area contributed by atoms with Gasteiger partial charge in [0.25, 0.3) is 0 Å². The molecule has 1 aromatic heterocycles. The van der Waals surface area contributed by atoms with Crippen molar-refractivity contribution in [1.29, 1.82) is 0 Å². The summed E-state index contributed by atoms with van der Waals surface area (Å²) in [6.07, 6.45) is 6.46. The van der Waals surface area contributed by atoms with Gasteiger partial charge in [-0.05, 0) is 47.5 Å². The van der Waals surface area contributed by atoms with Crippen LogP contribution in [0.25, 0.3) is 0 Å². The summed E-state index contributed by atoms with van der Waals surface area (Å²) >= 11 is 5.07. The van der Waals surface area contributed by atoms with Crippen LogP contribution in [0, 0.1) is 5.92 Å². The normalized spacial score (nSPS) is 25.0. The Kier molecular flexibility index (Phi) is 4.93. The molecule has 0 bridgehead atoms. The summed E-state index contributed by atoms with van der Waals surface area (Å²) in [5, 5.41) is 13.6. The average Bonchev–Trinajstić information content (AvgIpc) is 3.07. The van der Waals surface area contributed by atoms with E-state index in [1.54, 1.807) is 11.3 Å². The van der Waals surface area contributed by atoms with E-state index in [4.69, 9.17) is 5.11 Å². The summed E-state index contributed by atoms with van der Waals surface area (Å²) in [4.78, 5) is 17.5. The molecule has 0 saturated heterocycles. The second-order valence-corrected chi connectivity index (χ2v) is 8.52. The van der Waals surface area contributed by atoms with Crippen LogP contribution in [0.1, 0.15) is 30.7 Å². The zero-order valence-corrected chi connectivity index (χ0v) is 14.2. The number of nitrogens with one attached hydrogen (secondary N) is 1. The third-order valence-corrected chi connectivity index (χ3v) is 5.70. The molecule has 2 saturated carbocycles. The summed E-state index contributed by atoms with van der Waals surface area (Å²) in [6, 6.07) is 0.926. The molecule has 0 unspecified atom stereocenters. The van der Waals surface area contributed by atoms with Crippen LogP contribution in [-0.2, 0) is 11.3 Å². The lowest BCUT2D eigenvalue weighted by Crippen LogP contribution is -2.54. The van der Waals surface area contributed by atoms with Crippen molar-refractivity contribution in [2.24, 2.45) is 5.92 Å². The van der Waals surface area contributed by atoms with Crippen LogP contribution in [0.3, 0.4) is 0 Å². The number of carbonyl (C=O) groups is 1. The molecule has 0 atom stereocenters. The number of aliphatic carboxylic acids is 1. The Morgan fingerprint density at radius 1 is 1.52 bits per heavy atom. The molecular weight excluding hydrogens is 354 g/mol. The van der Waals surface area contributed by atoms with Gasteiger partial charge in [0.1, 0.15) is 5.01 Å². The Bertz CT molecular complexity index is 500. The van der Waals surface area contributed by atoms with Crippen LogP contribution in [0.2, 0.25) is 0 Å². The number of rotatable bonds is 8. The van der Waals surface area contributed by atoms with Crippen LogP contribution >= 0.6 is 27.3 Å². The molecule has 2 N–H and O–H groups in total. The lowest BCUT2D eigenvalue weighted by Gasteiger charge is -2.42. The number of thiazole rings is 1. The molecule has 1 heterocycles. The minimum Gasteiger partial charge on any atom is -0.480 e. The predicted octanol–water partition coefficient (Wildman–Crippen LogP) is 2.32. The summed E-state index contributed by atoms with van der Waals surface area (Å²) in [6.45, 7) is 1.95. The van der Waals surface area contributed by atoms with Crippen LogP contribution in [0.5, 0.6) is 0 Å². The van der Waals surface area contributed by atoms with Gasteiger partial charge < -0.3 is 10.4 Å². The Morgan fingerprint density at radius 3 is 2.86 bits per heavy atom. The molecule has 1 aromatic rings. The number of carboxylic acid groups (broad SMARTS) is 1. The van der Waals surface area contributed by atoms with Crippen LogP contribution in [0.15, 0.2) is 9.98 Å². The summed E-state index contributed by atoms with van der Waals surface area (Å²) in [5.41, 5.74) is 0. The fourth-order valence-corrected chi connectivity index (χ4v) is 4.06. The largest absolute Gasteiger partial charge is 0.480 e.